The molecule has 0 N–H and O–H groups in total. The molecule has 0 aliphatic carbocycles. The molecule has 0 saturated carbocycles. The first-order valence-electron chi connectivity index (χ1n) is 6.93. The van der Waals surface area contributed by atoms with Crippen LogP contribution in [0.2, 0.25) is 0 Å². The second-order valence-corrected chi connectivity index (χ2v) is 15.5. The van der Waals surface area contributed by atoms with Crippen LogP contribution in [0, 0.1) is 0 Å². The minimum absolute atomic E-state index is 0.0426. The third-order valence-electron chi connectivity index (χ3n) is 3.38. The molecule has 0 amide bonds. The predicted octanol–water partition coefficient (Wildman–Crippen LogP) is 1.88. The van der Waals surface area contributed by atoms with Crippen LogP contribution >= 0.6 is 27.4 Å². The van der Waals surface area contributed by atoms with E-state index in [1.165, 1.54) is 0 Å². The summed E-state index contributed by atoms with van der Waals surface area (Å²) in [5, 5.41) is 0. The zero-order valence-corrected chi connectivity index (χ0v) is 15.5. The third-order valence-corrected chi connectivity index (χ3v) is 13.1. The molecule has 2 aliphatic heterocycles. The molecule has 2 saturated heterocycles. The Morgan fingerprint density at radius 2 is 2.00 bits per heavy atom. The highest BCUT2D eigenvalue weighted by molar-refractivity contribution is 9.00. The van der Waals surface area contributed by atoms with Gasteiger partial charge in [0.05, 0.1) is 25.3 Å². The molecule has 0 aromatic rings. The van der Waals surface area contributed by atoms with E-state index in [1.807, 2.05) is 7.85 Å². The zero-order valence-electron chi connectivity index (χ0n) is 12.1. The van der Waals surface area contributed by atoms with Gasteiger partial charge in [-0.3, -0.25) is 0 Å². The van der Waals surface area contributed by atoms with Crippen molar-refractivity contribution >= 4 is 47.1 Å². The van der Waals surface area contributed by atoms with E-state index in [0.29, 0.717) is 13.2 Å². The first-order chi connectivity index (χ1) is 9.59. The minimum atomic E-state index is -1.80. The Morgan fingerprint density at radius 3 is 2.60 bits per heavy atom. The molecule has 4 atom stereocenters. The van der Waals surface area contributed by atoms with Crippen LogP contribution < -0.4 is 0 Å². The quantitative estimate of drug-likeness (QED) is 0.392. The van der Waals surface area contributed by atoms with Crippen molar-refractivity contribution in [3.8, 4) is 0 Å². The molecule has 0 aromatic carbocycles. The van der Waals surface area contributed by atoms with Crippen LogP contribution in [0.5, 0.6) is 0 Å². The van der Waals surface area contributed by atoms with Gasteiger partial charge in [-0.2, -0.15) is 0 Å². The van der Waals surface area contributed by atoms with E-state index < -0.39 is 4.67 Å². The Balaban J connectivity index is 2.01. The summed E-state index contributed by atoms with van der Waals surface area (Å²) in [7, 11) is 3.73. The summed E-state index contributed by atoms with van der Waals surface area (Å²) in [5.74, 6) is 2.19. The smallest absolute Gasteiger partial charge is 0.175 e. The summed E-state index contributed by atoms with van der Waals surface area (Å²) < 4.78 is 21.5. The zero-order chi connectivity index (χ0) is 14.6. The normalized spacial score (nSPS) is 36.5. The summed E-state index contributed by atoms with van der Waals surface area (Å²) in [4.78, 5) is 0. The van der Waals surface area contributed by atoms with E-state index >= 15 is 0 Å². The lowest BCUT2D eigenvalue weighted by molar-refractivity contribution is -0.0266. The maximum absolute atomic E-state index is 6.34. The fourth-order valence-corrected chi connectivity index (χ4v) is 11.7. The van der Waals surface area contributed by atoms with Crippen LogP contribution in [0.1, 0.15) is 13.3 Å². The van der Waals surface area contributed by atoms with Crippen LogP contribution in [-0.2, 0) is 30.5 Å². The van der Waals surface area contributed by atoms with E-state index in [4.69, 9.17) is 30.5 Å². The van der Waals surface area contributed by atoms with Crippen molar-refractivity contribution in [1.82, 2.24) is 0 Å². The number of ether oxygens (including phenoxy) is 3. The highest BCUT2D eigenvalue weighted by Gasteiger charge is 2.46. The maximum atomic E-state index is 6.34. The molecule has 2 heterocycles. The van der Waals surface area contributed by atoms with Gasteiger partial charge in [0.1, 0.15) is 20.1 Å². The molecule has 0 bridgehead atoms. The molecule has 4 nitrogen and oxygen atoms in total. The molecule has 9 heteroatoms. The lowest BCUT2D eigenvalue weighted by Gasteiger charge is -2.27. The van der Waals surface area contributed by atoms with E-state index in [1.54, 1.807) is 29.9 Å². The van der Waals surface area contributed by atoms with Gasteiger partial charge in [0, 0.05) is 18.6 Å². The highest BCUT2D eigenvalue weighted by atomic mass is 33.2. The lowest BCUT2D eigenvalue weighted by Crippen LogP contribution is -2.37. The molecular formula is C11H22BO4PS3. The van der Waals surface area contributed by atoms with Crippen molar-refractivity contribution in [3.63, 3.8) is 0 Å². The molecule has 0 radical (unpaired) electrons. The summed E-state index contributed by atoms with van der Waals surface area (Å²) >= 11 is 9.32. The topological polar surface area (TPSA) is 36.9 Å². The predicted molar refractivity (Wildman–Crippen MR) is 93.2 cm³/mol. The second kappa shape index (κ2) is 8.20. The first kappa shape index (κ1) is 17.6. The molecule has 0 spiro atoms. The molecule has 116 valence electrons. The van der Waals surface area contributed by atoms with Crippen molar-refractivity contribution in [2.24, 2.45) is 0 Å². The van der Waals surface area contributed by atoms with Crippen molar-refractivity contribution in [3.05, 3.63) is 0 Å². The van der Waals surface area contributed by atoms with E-state index in [-0.39, 0.29) is 24.3 Å². The van der Waals surface area contributed by atoms with Crippen LogP contribution in [0.4, 0.5) is 0 Å². The van der Waals surface area contributed by atoms with Gasteiger partial charge >= 0.3 is 0 Å². The van der Waals surface area contributed by atoms with Crippen molar-refractivity contribution < 1.29 is 18.7 Å². The summed E-state index contributed by atoms with van der Waals surface area (Å²) in [5.41, 5.74) is 0. The third kappa shape index (κ3) is 4.38. The molecule has 0 unspecified atom stereocenters. The monoisotopic (exact) mass is 356 g/mol. The van der Waals surface area contributed by atoms with Crippen molar-refractivity contribution in [2.75, 3.05) is 31.8 Å². The Labute approximate surface area is 135 Å². The van der Waals surface area contributed by atoms with Crippen molar-refractivity contribution in [1.29, 1.82) is 0 Å². The SMILES string of the molecule is B[C@@H]1O[C@H](CC)[C@@H](OP2(=S)SCCS2)[C@H]1OCCOC. The number of hydrogen-bond acceptors (Lipinski definition) is 7. The van der Waals surface area contributed by atoms with E-state index in [2.05, 4.69) is 6.92 Å². The molecule has 2 rings (SSSR count). The van der Waals surface area contributed by atoms with Crippen LogP contribution in [0.15, 0.2) is 0 Å². The van der Waals surface area contributed by atoms with Gasteiger partial charge in [0.2, 0.25) is 0 Å². The van der Waals surface area contributed by atoms with Gasteiger partial charge < -0.3 is 18.7 Å². The van der Waals surface area contributed by atoms with Crippen LogP contribution in [0.3, 0.4) is 0 Å². The number of hydrogen-bond donors (Lipinski definition) is 0. The number of methoxy groups -OCH3 is 1. The Hall–Kier alpha value is 1.25. The van der Waals surface area contributed by atoms with Gasteiger partial charge in [-0.1, -0.05) is 29.7 Å². The van der Waals surface area contributed by atoms with Gasteiger partial charge in [0.25, 0.3) is 0 Å². The van der Waals surface area contributed by atoms with Gasteiger partial charge in [-0.25, -0.2) is 0 Å². The van der Waals surface area contributed by atoms with Gasteiger partial charge in [0.15, 0.2) is 4.67 Å². The van der Waals surface area contributed by atoms with Gasteiger partial charge in [-0.05, 0) is 18.2 Å². The fourth-order valence-electron chi connectivity index (χ4n) is 2.41. The molecule has 2 aliphatic rings. The summed E-state index contributed by atoms with van der Waals surface area (Å²) in [6.07, 6.45) is 0.913. The molecular weight excluding hydrogens is 334 g/mol. The Kier molecular flexibility index (Phi) is 7.22. The van der Waals surface area contributed by atoms with E-state index in [0.717, 1.165) is 17.9 Å². The molecule has 20 heavy (non-hydrogen) atoms. The van der Waals surface area contributed by atoms with Crippen LogP contribution in [-0.4, -0.2) is 64.0 Å². The summed E-state index contributed by atoms with van der Waals surface area (Å²) in [6, 6.07) is 0.0426. The highest BCUT2D eigenvalue weighted by Crippen LogP contribution is 2.75. The lowest BCUT2D eigenvalue weighted by atomic mass is 9.92. The van der Waals surface area contributed by atoms with Crippen molar-refractivity contribution in [2.45, 2.75) is 37.7 Å². The second-order valence-electron chi connectivity index (χ2n) is 4.80. The Morgan fingerprint density at radius 1 is 1.30 bits per heavy atom. The average molecular weight is 356 g/mol. The van der Waals surface area contributed by atoms with E-state index in [9.17, 15) is 0 Å². The summed E-state index contributed by atoms with van der Waals surface area (Å²) in [6.45, 7) is 3.27. The number of rotatable bonds is 7. The van der Waals surface area contributed by atoms with Crippen LogP contribution in [0.25, 0.3) is 0 Å². The fraction of sp³-hybridized carbons (Fsp3) is 1.00. The average Bonchev–Trinajstić information content (AvgIpc) is 2.97. The van der Waals surface area contributed by atoms with Gasteiger partial charge in [-0.15, -0.1) is 0 Å². The molecule has 2 fully saturated rings. The molecule has 0 aromatic heterocycles. The minimum Gasteiger partial charge on any atom is -0.382 e. The standard InChI is InChI=1S/C11H22BO4PS3/c1-3-8-9(16-17(18)19-6-7-20-17)10(11(12)15-8)14-5-4-13-2/h8-11H,3-7,12H2,1-2H3/t8-,9-,10-,11-/m1/s1. The first-order valence-corrected chi connectivity index (χ1v) is 12.8. The largest absolute Gasteiger partial charge is 0.382 e. The Bertz CT molecular complexity index is 353. The maximum Gasteiger partial charge on any atom is 0.175 e.